The largest absolute Gasteiger partial charge is 0.297 e. The van der Waals surface area contributed by atoms with Crippen LogP contribution in [0.1, 0.15) is 13.8 Å². The van der Waals surface area contributed by atoms with E-state index in [2.05, 4.69) is 0 Å². The summed E-state index contributed by atoms with van der Waals surface area (Å²) in [7, 11) is -1.95. The van der Waals surface area contributed by atoms with Gasteiger partial charge in [-0.05, 0) is 5.92 Å². The van der Waals surface area contributed by atoms with Crippen molar-refractivity contribution < 1.29 is 13.2 Å². The number of Topliss-reactive ketones (excluding diaryl/α,β-unsaturated/α-hetero) is 1. The van der Waals surface area contributed by atoms with Gasteiger partial charge in [0.1, 0.15) is 0 Å². The average molecular weight is 220 g/mol. The number of likely N-dealkylation sites (N-methyl/N-ethyl adjacent to an activating group) is 1. The maximum atomic E-state index is 11.7. The highest BCUT2D eigenvalue weighted by atomic mass is 32.2. The Morgan fingerprint density at radius 1 is 1.36 bits per heavy atom. The van der Waals surface area contributed by atoms with E-state index >= 15 is 0 Å². The van der Waals surface area contributed by atoms with Gasteiger partial charge in [0.05, 0.1) is 13.1 Å². The van der Waals surface area contributed by atoms with Crippen molar-refractivity contribution in [1.29, 1.82) is 0 Å². The number of ketones is 1. The molecular weight excluding hydrogens is 204 g/mol. The zero-order valence-corrected chi connectivity index (χ0v) is 9.54. The van der Waals surface area contributed by atoms with E-state index in [4.69, 9.17) is 0 Å². The van der Waals surface area contributed by atoms with Crippen molar-refractivity contribution in [3.8, 4) is 0 Å². The van der Waals surface area contributed by atoms with Crippen LogP contribution in [0.5, 0.6) is 0 Å². The fraction of sp³-hybridized carbons (Fsp3) is 0.875. The third kappa shape index (κ3) is 2.31. The lowest BCUT2D eigenvalue weighted by Gasteiger charge is -2.32. The predicted molar refractivity (Wildman–Crippen MR) is 53.0 cm³/mol. The Kier molecular flexibility index (Phi) is 3.28. The molecule has 1 saturated heterocycles. The quantitative estimate of drug-likeness (QED) is 0.642. The zero-order chi connectivity index (χ0) is 10.9. The van der Waals surface area contributed by atoms with Gasteiger partial charge in [0, 0.05) is 13.6 Å². The lowest BCUT2D eigenvalue weighted by Crippen LogP contribution is -2.53. The molecule has 5 nitrogen and oxygen atoms in total. The highest BCUT2D eigenvalue weighted by Crippen LogP contribution is 2.13. The van der Waals surface area contributed by atoms with Gasteiger partial charge in [-0.1, -0.05) is 13.8 Å². The molecule has 0 aromatic rings. The van der Waals surface area contributed by atoms with Gasteiger partial charge < -0.3 is 0 Å². The first-order valence-corrected chi connectivity index (χ1v) is 5.97. The molecule has 1 rings (SSSR count). The second kappa shape index (κ2) is 3.96. The van der Waals surface area contributed by atoms with E-state index in [1.165, 1.54) is 11.4 Å². The van der Waals surface area contributed by atoms with Crippen LogP contribution in [-0.4, -0.2) is 49.5 Å². The zero-order valence-electron chi connectivity index (χ0n) is 8.73. The minimum absolute atomic E-state index is 0.00305. The molecule has 0 N–H and O–H groups in total. The molecule has 6 heteroatoms. The van der Waals surface area contributed by atoms with Gasteiger partial charge in [0.25, 0.3) is 10.2 Å². The summed E-state index contributed by atoms with van der Waals surface area (Å²) >= 11 is 0. The standard InChI is InChI=1S/C8H16N2O3S/c1-7(2)4-10-6-8(11)5-9(3)14(10,12)13/h7H,4-6H2,1-3H3. The molecule has 1 aliphatic rings. The van der Waals surface area contributed by atoms with E-state index in [1.807, 2.05) is 13.8 Å². The van der Waals surface area contributed by atoms with Crippen molar-refractivity contribution in [2.45, 2.75) is 13.8 Å². The lowest BCUT2D eigenvalue weighted by molar-refractivity contribution is -0.120. The molecule has 0 spiro atoms. The van der Waals surface area contributed by atoms with Crippen LogP contribution in [0.3, 0.4) is 0 Å². The van der Waals surface area contributed by atoms with Crippen molar-refractivity contribution in [3.05, 3.63) is 0 Å². The van der Waals surface area contributed by atoms with Gasteiger partial charge in [-0.15, -0.1) is 0 Å². The number of carbonyl (C=O) groups is 1. The van der Waals surface area contributed by atoms with Crippen molar-refractivity contribution in [2.24, 2.45) is 5.92 Å². The third-order valence-corrected chi connectivity index (χ3v) is 3.89. The highest BCUT2D eigenvalue weighted by molar-refractivity contribution is 7.86. The van der Waals surface area contributed by atoms with Crippen molar-refractivity contribution in [3.63, 3.8) is 0 Å². The first-order chi connectivity index (χ1) is 6.34. The molecule has 0 aromatic heterocycles. The topological polar surface area (TPSA) is 57.7 Å². The SMILES string of the molecule is CC(C)CN1CC(=O)CN(C)S1(=O)=O. The smallest absolute Gasteiger partial charge is 0.282 e. The van der Waals surface area contributed by atoms with E-state index in [0.717, 1.165) is 4.31 Å². The summed E-state index contributed by atoms with van der Waals surface area (Å²) in [4.78, 5) is 11.2. The first-order valence-electron chi connectivity index (χ1n) is 4.57. The van der Waals surface area contributed by atoms with Gasteiger partial charge in [-0.2, -0.15) is 17.0 Å². The van der Waals surface area contributed by atoms with Crippen molar-refractivity contribution >= 4 is 16.0 Å². The predicted octanol–water partition coefficient (Wildman–Crippen LogP) is -0.296. The number of hydrogen-bond donors (Lipinski definition) is 0. The van der Waals surface area contributed by atoms with Crippen LogP contribution in [0.2, 0.25) is 0 Å². The molecule has 0 unspecified atom stereocenters. The van der Waals surface area contributed by atoms with Crippen LogP contribution in [0.25, 0.3) is 0 Å². The van der Waals surface area contributed by atoms with Crippen LogP contribution in [0, 0.1) is 5.92 Å². The lowest BCUT2D eigenvalue weighted by atomic mass is 10.2. The molecule has 1 heterocycles. The molecule has 1 aliphatic heterocycles. The monoisotopic (exact) mass is 220 g/mol. The third-order valence-electron chi connectivity index (χ3n) is 2.04. The normalized spacial score (nSPS) is 24.4. The van der Waals surface area contributed by atoms with E-state index < -0.39 is 10.2 Å². The molecule has 0 amide bonds. The Labute approximate surface area is 84.9 Å². The second-order valence-corrected chi connectivity index (χ2v) is 6.02. The summed E-state index contributed by atoms with van der Waals surface area (Å²) in [5.74, 6) is 0.173. The van der Waals surface area contributed by atoms with Crippen molar-refractivity contribution in [2.75, 3.05) is 26.7 Å². The summed E-state index contributed by atoms with van der Waals surface area (Å²) < 4.78 is 25.7. The minimum Gasteiger partial charge on any atom is -0.297 e. The fourth-order valence-corrected chi connectivity index (χ4v) is 2.92. The van der Waals surface area contributed by atoms with Crippen LogP contribution in [-0.2, 0) is 15.0 Å². The molecular formula is C8H16N2O3S. The maximum absolute atomic E-state index is 11.7. The Morgan fingerprint density at radius 2 is 1.93 bits per heavy atom. The number of hydrogen-bond acceptors (Lipinski definition) is 3. The Bertz CT molecular complexity index is 323. The van der Waals surface area contributed by atoms with Gasteiger partial charge in [0.15, 0.2) is 5.78 Å². The summed E-state index contributed by atoms with van der Waals surface area (Å²) in [6.07, 6.45) is 0. The molecule has 0 aromatic carbocycles. The molecule has 82 valence electrons. The number of nitrogens with zero attached hydrogens (tertiary/aromatic N) is 2. The van der Waals surface area contributed by atoms with Gasteiger partial charge >= 0.3 is 0 Å². The van der Waals surface area contributed by atoms with E-state index in [9.17, 15) is 13.2 Å². The van der Waals surface area contributed by atoms with E-state index in [0.29, 0.717) is 6.54 Å². The van der Waals surface area contributed by atoms with E-state index in [1.54, 1.807) is 0 Å². The first kappa shape index (κ1) is 11.6. The van der Waals surface area contributed by atoms with Gasteiger partial charge in [-0.3, -0.25) is 4.79 Å². The highest BCUT2D eigenvalue weighted by Gasteiger charge is 2.34. The molecule has 1 fully saturated rings. The molecule has 0 radical (unpaired) electrons. The molecule has 0 saturated carbocycles. The molecule has 0 bridgehead atoms. The summed E-state index contributed by atoms with van der Waals surface area (Å²) in [5, 5.41) is 0. The number of carbonyl (C=O) groups excluding carboxylic acids is 1. The molecule has 14 heavy (non-hydrogen) atoms. The van der Waals surface area contributed by atoms with Crippen LogP contribution in [0.15, 0.2) is 0 Å². The number of rotatable bonds is 2. The van der Waals surface area contributed by atoms with E-state index in [-0.39, 0.29) is 24.8 Å². The Morgan fingerprint density at radius 3 is 2.43 bits per heavy atom. The van der Waals surface area contributed by atoms with Crippen LogP contribution >= 0.6 is 0 Å². The summed E-state index contributed by atoms with van der Waals surface area (Å²) in [6, 6.07) is 0. The second-order valence-electron chi connectivity index (χ2n) is 3.99. The van der Waals surface area contributed by atoms with Crippen LogP contribution in [0.4, 0.5) is 0 Å². The van der Waals surface area contributed by atoms with Gasteiger partial charge in [-0.25, -0.2) is 0 Å². The maximum Gasteiger partial charge on any atom is 0.282 e. The summed E-state index contributed by atoms with van der Waals surface area (Å²) in [5.41, 5.74) is 0. The van der Waals surface area contributed by atoms with Crippen LogP contribution < -0.4 is 0 Å². The van der Waals surface area contributed by atoms with Gasteiger partial charge in [0.2, 0.25) is 0 Å². The molecule has 0 aliphatic carbocycles. The van der Waals surface area contributed by atoms with Crippen molar-refractivity contribution in [1.82, 2.24) is 8.61 Å². The average Bonchev–Trinajstić information content (AvgIpc) is 1.99. The molecule has 0 atom stereocenters. The minimum atomic E-state index is -3.38. The Balaban J connectivity index is 2.85. The summed E-state index contributed by atoms with van der Waals surface area (Å²) in [6.45, 7) is 4.27. The fourth-order valence-electron chi connectivity index (χ4n) is 1.42. The Hall–Kier alpha value is -0.460.